The number of allylic oxidation sites excluding steroid dienone is 2. The molecule has 0 spiro atoms. The smallest absolute Gasteiger partial charge is 0.416 e. The van der Waals surface area contributed by atoms with E-state index in [0.717, 1.165) is 31.2 Å². The topological polar surface area (TPSA) is 119 Å². The molecule has 4 rings (SSSR count). The Morgan fingerprint density at radius 3 is 2.26 bits per heavy atom. The zero-order valence-corrected chi connectivity index (χ0v) is 22.8. The summed E-state index contributed by atoms with van der Waals surface area (Å²) >= 11 is 0. The van der Waals surface area contributed by atoms with Crippen molar-refractivity contribution in [2.24, 2.45) is 0 Å². The summed E-state index contributed by atoms with van der Waals surface area (Å²) in [5, 5.41) is 22.7. The lowest BCUT2D eigenvalue weighted by molar-refractivity contribution is -0.146. The van der Waals surface area contributed by atoms with Gasteiger partial charge in [-0.1, -0.05) is 30.3 Å². The summed E-state index contributed by atoms with van der Waals surface area (Å²) in [6, 6.07) is 13.9. The summed E-state index contributed by atoms with van der Waals surface area (Å²) in [5.41, 5.74) is 1.50. The number of benzene rings is 3. The summed E-state index contributed by atoms with van der Waals surface area (Å²) in [7, 11) is 0. The molecule has 0 unspecified atom stereocenters. The molecule has 1 aliphatic rings. The summed E-state index contributed by atoms with van der Waals surface area (Å²) in [5.74, 6) is -3.15. The van der Waals surface area contributed by atoms with E-state index in [1.165, 1.54) is 34.7 Å². The van der Waals surface area contributed by atoms with Crippen molar-refractivity contribution in [1.29, 1.82) is 0 Å². The molecule has 4 N–H and O–H groups in total. The van der Waals surface area contributed by atoms with Crippen LogP contribution in [-0.2, 0) is 17.5 Å². The largest absolute Gasteiger partial charge is 0.479 e. The molecule has 8 nitrogen and oxygen atoms in total. The number of halogens is 4. The third kappa shape index (κ3) is 8.19. The highest BCUT2D eigenvalue weighted by Crippen LogP contribution is 2.33. The normalized spacial score (nSPS) is 13.9. The summed E-state index contributed by atoms with van der Waals surface area (Å²) in [6.45, 7) is -0.586. The second-order valence-corrected chi connectivity index (χ2v) is 9.99. The van der Waals surface area contributed by atoms with Gasteiger partial charge in [-0.15, -0.1) is 0 Å². The van der Waals surface area contributed by atoms with Gasteiger partial charge in [0.25, 0.3) is 5.91 Å². The fourth-order valence-corrected chi connectivity index (χ4v) is 4.54. The standard InChI is InChI=1S/C31H29F4N3O5/c32-25-15-12-23(31(33,34)35)16-26(25)37-30(43)38(24-13-10-21(11-14-24)20-4-2-1-3-5-20)18-19-6-8-22(9-7-19)28(40)36-17-27(39)29(41)42/h4,6-16,27,39H,1-3,5,17-18H2,(H,36,40)(H,37,43)(H,41,42)/t27-/m1/s1. The number of alkyl halides is 3. The number of urea groups is 1. The maximum atomic E-state index is 14.5. The van der Waals surface area contributed by atoms with Crippen LogP contribution in [0.5, 0.6) is 0 Å². The number of carboxylic acid groups (broad SMARTS) is 1. The van der Waals surface area contributed by atoms with E-state index in [0.29, 0.717) is 29.4 Å². The van der Waals surface area contributed by atoms with Crippen LogP contribution in [0.4, 0.5) is 33.7 Å². The Labute approximate surface area is 244 Å². The van der Waals surface area contributed by atoms with Gasteiger partial charge in [0.2, 0.25) is 0 Å². The average Bonchev–Trinajstić information content (AvgIpc) is 2.99. The molecule has 226 valence electrons. The van der Waals surface area contributed by atoms with E-state index in [1.807, 2.05) is 12.1 Å². The van der Waals surface area contributed by atoms with E-state index in [-0.39, 0.29) is 12.1 Å². The molecule has 1 aliphatic carbocycles. The molecule has 0 heterocycles. The van der Waals surface area contributed by atoms with Crippen LogP contribution in [0.2, 0.25) is 0 Å². The van der Waals surface area contributed by atoms with E-state index >= 15 is 0 Å². The lowest BCUT2D eigenvalue weighted by Gasteiger charge is -2.24. The van der Waals surface area contributed by atoms with Crippen LogP contribution in [0.25, 0.3) is 5.57 Å². The van der Waals surface area contributed by atoms with Crippen molar-refractivity contribution in [3.8, 4) is 0 Å². The highest BCUT2D eigenvalue weighted by Gasteiger charge is 2.31. The zero-order valence-electron chi connectivity index (χ0n) is 22.8. The number of carbonyl (C=O) groups is 3. The third-order valence-electron chi connectivity index (χ3n) is 6.92. The molecule has 12 heteroatoms. The minimum atomic E-state index is -4.74. The van der Waals surface area contributed by atoms with Crippen molar-refractivity contribution in [3.63, 3.8) is 0 Å². The minimum absolute atomic E-state index is 0.0892. The molecular weight excluding hydrogens is 570 g/mol. The van der Waals surface area contributed by atoms with Gasteiger partial charge < -0.3 is 20.8 Å². The number of carboxylic acids is 1. The van der Waals surface area contributed by atoms with Crippen molar-refractivity contribution in [1.82, 2.24) is 5.32 Å². The fourth-order valence-electron chi connectivity index (χ4n) is 4.54. The van der Waals surface area contributed by atoms with Crippen molar-refractivity contribution in [3.05, 3.63) is 101 Å². The number of hydrogen-bond donors (Lipinski definition) is 4. The molecule has 0 fully saturated rings. The Morgan fingerprint density at radius 1 is 0.953 bits per heavy atom. The number of hydrogen-bond acceptors (Lipinski definition) is 4. The lowest BCUT2D eigenvalue weighted by atomic mass is 9.93. The molecular formula is C31H29F4N3O5. The Morgan fingerprint density at radius 2 is 1.65 bits per heavy atom. The monoisotopic (exact) mass is 599 g/mol. The SMILES string of the molecule is O=C(NC[C@@H](O)C(=O)O)c1ccc(CN(C(=O)Nc2cc(C(F)(F)F)ccc2F)c2ccc(C3=CCCCC3)cc2)cc1. The molecule has 0 radical (unpaired) electrons. The van der Waals surface area contributed by atoms with Crippen LogP contribution in [0.15, 0.2) is 72.8 Å². The third-order valence-corrected chi connectivity index (χ3v) is 6.92. The van der Waals surface area contributed by atoms with Gasteiger partial charge >= 0.3 is 18.2 Å². The van der Waals surface area contributed by atoms with Crippen molar-refractivity contribution in [2.75, 3.05) is 16.8 Å². The van der Waals surface area contributed by atoms with Crippen molar-refractivity contribution < 1.29 is 42.2 Å². The molecule has 0 aliphatic heterocycles. The average molecular weight is 600 g/mol. The number of aliphatic hydroxyl groups excluding tert-OH is 1. The quantitative estimate of drug-likeness (QED) is 0.218. The summed E-state index contributed by atoms with van der Waals surface area (Å²) < 4.78 is 54.2. The Hall–Kier alpha value is -4.71. The number of rotatable bonds is 9. The van der Waals surface area contributed by atoms with Crippen molar-refractivity contribution in [2.45, 2.75) is 44.5 Å². The molecule has 3 amide bonds. The number of nitrogens with zero attached hydrogens (tertiary/aromatic N) is 1. The van der Waals surface area contributed by atoms with Crippen LogP contribution in [0.3, 0.4) is 0 Å². The predicted octanol–water partition coefficient (Wildman–Crippen LogP) is 6.22. The molecule has 3 aromatic rings. The first-order chi connectivity index (χ1) is 20.4. The first kappa shape index (κ1) is 31.2. The second-order valence-electron chi connectivity index (χ2n) is 9.99. The van der Waals surface area contributed by atoms with E-state index in [2.05, 4.69) is 16.7 Å². The van der Waals surface area contributed by atoms with Crippen LogP contribution >= 0.6 is 0 Å². The van der Waals surface area contributed by atoms with Gasteiger partial charge in [0.1, 0.15) is 5.82 Å². The molecule has 3 aromatic carbocycles. The number of aliphatic carboxylic acids is 1. The van der Waals surface area contributed by atoms with E-state index in [1.54, 1.807) is 12.1 Å². The molecule has 1 atom stereocenters. The fraction of sp³-hybridized carbons (Fsp3) is 0.258. The van der Waals surface area contributed by atoms with Crippen LogP contribution in [0.1, 0.15) is 52.7 Å². The number of aliphatic hydroxyl groups is 1. The number of anilines is 2. The summed E-state index contributed by atoms with van der Waals surface area (Å²) in [6.07, 6.45) is -0.255. The number of carbonyl (C=O) groups excluding carboxylic acids is 2. The van der Waals surface area contributed by atoms with Crippen LogP contribution in [0, 0.1) is 5.82 Å². The first-order valence-electron chi connectivity index (χ1n) is 13.4. The number of amides is 3. The van der Waals surface area contributed by atoms with Crippen LogP contribution < -0.4 is 15.5 Å². The predicted molar refractivity (Wildman–Crippen MR) is 152 cm³/mol. The number of nitrogens with one attached hydrogen (secondary N) is 2. The minimum Gasteiger partial charge on any atom is -0.479 e. The Bertz CT molecular complexity index is 1510. The first-order valence-corrected chi connectivity index (χ1v) is 13.4. The molecule has 43 heavy (non-hydrogen) atoms. The van der Waals surface area contributed by atoms with Gasteiger partial charge in [0.15, 0.2) is 6.10 Å². The molecule has 0 saturated carbocycles. The Kier molecular flexibility index (Phi) is 9.81. The van der Waals surface area contributed by atoms with Gasteiger partial charge in [-0.2, -0.15) is 13.2 Å². The maximum absolute atomic E-state index is 14.5. The summed E-state index contributed by atoms with van der Waals surface area (Å²) in [4.78, 5) is 37.7. The molecule has 0 aromatic heterocycles. The molecule has 0 bridgehead atoms. The van der Waals surface area contributed by atoms with E-state index < -0.39 is 53.8 Å². The maximum Gasteiger partial charge on any atom is 0.416 e. The van der Waals surface area contributed by atoms with Gasteiger partial charge in [-0.3, -0.25) is 9.69 Å². The van der Waals surface area contributed by atoms with E-state index in [4.69, 9.17) is 5.11 Å². The lowest BCUT2D eigenvalue weighted by Crippen LogP contribution is -2.36. The van der Waals surface area contributed by atoms with Crippen molar-refractivity contribution >= 4 is 34.9 Å². The highest BCUT2D eigenvalue weighted by molar-refractivity contribution is 6.02. The van der Waals surface area contributed by atoms with Gasteiger partial charge in [-0.05, 0) is 84.8 Å². The Balaban J connectivity index is 1.58. The van der Waals surface area contributed by atoms with Gasteiger partial charge in [0, 0.05) is 11.3 Å². The molecule has 0 saturated heterocycles. The second kappa shape index (κ2) is 13.5. The van der Waals surface area contributed by atoms with Crippen LogP contribution in [-0.4, -0.2) is 40.8 Å². The van der Waals surface area contributed by atoms with Gasteiger partial charge in [0.05, 0.1) is 24.3 Å². The van der Waals surface area contributed by atoms with E-state index in [9.17, 15) is 37.1 Å². The van der Waals surface area contributed by atoms with Gasteiger partial charge in [-0.25, -0.2) is 14.0 Å². The zero-order chi connectivity index (χ0) is 31.1. The highest BCUT2D eigenvalue weighted by atomic mass is 19.4.